The van der Waals surface area contributed by atoms with Gasteiger partial charge in [-0.15, -0.1) is 0 Å². The summed E-state index contributed by atoms with van der Waals surface area (Å²) in [6.07, 6.45) is 9.07. The SMILES string of the molecule is COC1OC(OC)C2C1=CCC=C(C)CC(O)C2C(C)CCC=C(C)C. The molecular weight excluding hydrogens is 328 g/mol. The molecule has 6 atom stereocenters. The summed E-state index contributed by atoms with van der Waals surface area (Å²) in [5, 5.41) is 11.1. The van der Waals surface area contributed by atoms with Crippen LogP contribution in [0.25, 0.3) is 0 Å². The lowest BCUT2D eigenvalue weighted by atomic mass is 9.72. The summed E-state index contributed by atoms with van der Waals surface area (Å²) in [6.45, 7) is 8.60. The second-order valence-electron chi connectivity index (χ2n) is 8.01. The van der Waals surface area contributed by atoms with Crippen LogP contribution >= 0.6 is 0 Å². The molecule has 0 aromatic carbocycles. The Balaban J connectivity index is 2.35. The van der Waals surface area contributed by atoms with Gasteiger partial charge in [0.15, 0.2) is 12.6 Å². The quantitative estimate of drug-likeness (QED) is 0.700. The number of hydrogen-bond donors (Lipinski definition) is 1. The molecule has 148 valence electrons. The number of ether oxygens (including phenoxy) is 3. The van der Waals surface area contributed by atoms with Crippen molar-refractivity contribution in [3.8, 4) is 0 Å². The monoisotopic (exact) mass is 364 g/mol. The third-order valence-corrected chi connectivity index (χ3v) is 5.70. The number of methoxy groups -OCH3 is 2. The van der Waals surface area contributed by atoms with E-state index < -0.39 is 12.4 Å². The Kier molecular flexibility index (Phi) is 8.08. The molecule has 0 saturated carbocycles. The minimum absolute atomic E-state index is 0.0148. The van der Waals surface area contributed by atoms with Crippen molar-refractivity contribution in [1.82, 2.24) is 0 Å². The van der Waals surface area contributed by atoms with Gasteiger partial charge in [-0.1, -0.05) is 36.3 Å². The molecule has 1 aliphatic carbocycles. The van der Waals surface area contributed by atoms with Gasteiger partial charge in [0.25, 0.3) is 0 Å². The zero-order valence-corrected chi connectivity index (χ0v) is 17.2. The second-order valence-corrected chi connectivity index (χ2v) is 8.01. The topological polar surface area (TPSA) is 47.9 Å². The van der Waals surface area contributed by atoms with Gasteiger partial charge in [0.05, 0.1) is 6.10 Å². The van der Waals surface area contributed by atoms with Gasteiger partial charge in [0, 0.05) is 20.1 Å². The third-order valence-electron chi connectivity index (χ3n) is 5.70. The van der Waals surface area contributed by atoms with E-state index in [1.165, 1.54) is 11.1 Å². The molecule has 1 saturated heterocycles. The number of allylic oxidation sites excluding steroid dienone is 4. The van der Waals surface area contributed by atoms with Crippen LogP contribution in [-0.2, 0) is 14.2 Å². The van der Waals surface area contributed by atoms with Crippen LogP contribution in [0.15, 0.2) is 34.9 Å². The molecule has 0 radical (unpaired) electrons. The average molecular weight is 365 g/mol. The fraction of sp³-hybridized carbons (Fsp3) is 0.727. The van der Waals surface area contributed by atoms with E-state index in [2.05, 4.69) is 45.9 Å². The Morgan fingerprint density at radius 3 is 2.65 bits per heavy atom. The van der Waals surface area contributed by atoms with Gasteiger partial charge >= 0.3 is 0 Å². The number of hydrogen-bond acceptors (Lipinski definition) is 4. The van der Waals surface area contributed by atoms with Crippen LogP contribution in [0.3, 0.4) is 0 Å². The highest BCUT2D eigenvalue weighted by molar-refractivity contribution is 5.21. The average Bonchev–Trinajstić information content (AvgIpc) is 2.93. The predicted molar refractivity (Wildman–Crippen MR) is 105 cm³/mol. The molecular formula is C22H36O4. The lowest BCUT2D eigenvalue weighted by Gasteiger charge is -2.35. The Morgan fingerprint density at radius 2 is 2.04 bits per heavy atom. The first kappa shape index (κ1) is 21.4. The molecule has 2 rings (SSSR count). The van der Waals surface area contributed by atoms with Crippen LogP contribution in [0.4, 0.5) is 0 Å². The van der Waals surface area contributed by atoms with Crippen molar-refractivity contribution >= 4 is 0 Å². The van der Waals surface area contributed by atoms with Crippen LogP contribution in [0.1, 0.15) is 53.4 Å². The highest BCUT2D eigenvalue weighted by Crippen LogP contribution is 2.45. The van der Waals surface area contributed by atoms with Gasteiger partial charge in [-0.3, -0.25) is 0 Å². The first-order chi connectivity index (χ1) is 12.4. The number of aliphatic hydroxyl groups excluding tert-OH is 1. The molecule has 0 aromatic heterocycles. The Bertz CT molecular complexity index is 544. The maximum absolute atomic E-state index is 11.1. The Labute approximate surface area is 158 Å². The molecule has 1 N–H and O–H groups in total. The van der Waals surface area contributed by atoms with Gasteiger partial charge in [-0.25, -0.2) is 0 Å². The van der Waals surface area contributed by atoms with Crippen LogP contribution in [-0.4, -0.2) is 38.0 Å². The van der Waals surface area contributed by atoms with Crippen LogP contribution in [0.5, 0.6) is 0 Å². The third kappa shape index (κ3) is 5.07. The molecule has 0 amide bonds. The van der Waals surface area contributed by atoms with E-state index in [0.29, 0.717) is 12.3 Å². The Hall–Kier alpha value is -0.940. The molecule has 0 spiro atoms. The standard InChI is InChI=1S/C22H36O4/c1-14(2)9-7-11-16(4)19-18(23)13-15(3)10-8-12-17-20(19)22(25-6)26-21(17)24-5/h9-10,12,16,18-23H,7-8,11,13H2,1-6H3. The van der Waals surface area contributed by atoms with Gasteiger partial charge in [0.1, 0.15) is 0 Å². The van der Waals surface area contributed by atoms with Crippen LogP contribution in [0.2, 0.25) is 0 Å². The summed E-state index contributed by atoms with van der Waals surface area (Å²) in [5.74, 6) is 0.427. The fourth-order valence-corrected chi connectivity index (χ4v) is 4.37. The van der Waals surface area contributed by atoms with E-state index in [-0.39, 0.29) is 18.1 Å². The summed E-state index contributed by atoms with van der Waals surface area (Å²) in [7, 11) is 3.34. The van der Waals surface area contributed by atoms with Gasteiger partial charge in [-0.05, 0) is 63.9 Å². The van der Waals surface area contributed by atoms with E-state index in [1.807, 2.05) is 0 Å². The van der Waals surface area contributed by atoms with Gasteiger partial charge < -0.3 is 19.3 Å². The number of aliphatic hydroxyl groups is 1. The predicted octanol–water partition coefficient (Wildman–Crippen LogP) is 4.60. The van der Waals surface area contributed by atoms with E-state index >= 15 is 0 Å². The Morgan fingerprint density at radius 1 is 1.31 bits per heavy atom. The highest BCUT2D eigenvalue weighted by Gasteiger charge is 2.48. The first-order valence-corrected chi connectivity index (χ1v) is 9.77. The molecule has 1 fully saturated rings. The molecule has 26 heavy (non-hydrogen) atoms. The summed E-state index contributed by atoms with van der Waals surface area (Å²) < 4.78 is 17.2. The molecule has 0 bridgehead atoms. The lowest BCUT2D eigenvalue weighted by molar-refractivity contribution is -0.197. The molecule has 2 aliphatic rings. The first-order valence-electron chi connectivity index (χ1n) is 9.77. The van der Waals surface area contributed by atoms with Crippen molar-refractivity contribution in [2.45, 2.75) is 72.1 Å². The minimum atomic E-state index is -0.420. The van der Waals surface area contributed by atoms with Crippen LogP contribution < -0.4 is 0 Å². The summed E-state index contributed by atoms with van der Waals surface area (Å²) >= 11 is 0. The van der Waals surface area contributed by atoms with Crippen molar-refractivity contribution in [2.75, 3.05) is 14.2 Å². The smallest absolute Gasteiger partial charge is 0.183 e. The van der Waals surface area contributed by atoms with Gasteiger partial charge in [-0.2, -0.15) is 0 Å². The zero-order valence-electron chi connectivity index (χ0n) is 17.2. The van der Waals surface area contributed by atoms with E-state index in [9.17, 15) is 5.11 Å². The lowest BCUT2D eigenvalue weighted by Crippen LogP contribution is -2.38. The summed E-state index contributed by atoms with van der Waals surface area (Å²) in [5.41, 5.74) is 3.69. The maximum Gasteiger partial charge on any atom is 0.183 e. The molecule has 1 heterocycles. The van der Waals surface area contributed by atoms with Crippen molar-refractivity contribution in [3.63, 3.8) is 0 Å². The molecule has 1 aliphatic heterocycles. The molecule has 0 aromatic rings. The summed E-state index contributed by atoms with van der Waals surface area (Å²) in [4.78, 5) is 0. The fourth-order valence-electron chi connectivity index (χ4n) is 4.37. The van der Waals surface area contributed by atoms with E-state index in [4.69, 9.17) is 14.2 Å². The van der Waals surface area contributed by atoms with E-state index in [1.54, 1.807) is 14.2 Å². The minimum Gasteiger partial charge on any atom is -0.392 e. The van der Waals surface area contributed by atoms with Gasteiger partial charge in [0.2, 0.25) is 0 Å². The number of rotatable bonds is 6. The summed E-state index contributed by atoms with van der Waals surface area (Å²) in [6, 6.07) is 0. The zero-order chi connectivity index (χ0) is 19.3. The van der Waals surface area contributed by atoms with Crippen molar-refractivity contribution in [2.24, 2.45) is 17.8 Å². The largest absolute Gasteiger partial charge is 0.392 e. The van der Waals surface area contributed by atoms with Crippen molar-refractivity contribution < 1.29 is 19.3 Å². The van der Waals surface area contributed by atoms with Crippen LogP contribution in [0, 0.1) is 17.8 Å². The van der Waals surface area contributed by atoms with E-state index in [0.717, 1.165) is 24.8 Å². The normalized spacial score (nSPS) is 33.3. The number of fused-ring (bicyclic) bond motifs is 1. The van der Waals surface area contributed by atoms with Crippen molar-refractivity contribution in [1.29, 1.82) is 0 Å². The molecule has 6 unspecified atom stereocenters. The second kappa shape index (κ2) is 9.84. The molecule has 4 heteroatoms. The van der Waals surface area contributed by atoms with Crippen molar-refractivity contribution in [3.05, 3.63) is 34.9 Å². The highest BCUT2D eigenvalue weighted by atomic mass is 16.8. The maximum atomic E-state index is 11.1. The molecule has 4 nitrogen and oxygen atoms in total.